The molecule has 8 heteroatoms. The molecule has 1 N–H and O–H groups in total. The molecule has 0 unspecified atom stereocenters. The van der Waals surface area contributed by atoms with E-state index in [4.69, 9.17) is 0 Å². The summed E-state index contributed by atoms with van der Waals surface area (Å²) in [6, 6.07) is 15.2. The van der Waals surface area contributed by atoms with Gasteiger partial charge < -0.3 is 10.2 Å². The number of anilines is 2. The maximum absolute atomic E-state index is 13.9. The first-order valence-electron chi connectivity index (χ1n) is 9.38. The van der Waals surface area contributed by atoms with Gasteiger partial charge in [-0.1, -0.05) is 24.3 Å². The molecule has 0 spiro atoms. The SMILES string of the molecule is O=C(CN1C(=O)CC(c2ccc(F)cc2)=Nc2ccccc21)Nc1ccc(F)cc1F. The number of carbonyl (C=O) groups excluding carboxylic acids is 2. The highest BCUT2D eigenvalue weighted by atomic mass is 19.1. The minimum Gasteiger partial charge on any atom is -0.322 e. The number of fused-ring (bicyclic) bond motifs is 1. The van der Waals surface area contributed by atoms with Crippen LogP contribution >= 0.6 is 0 Å². The van der Waals surface area contributed by atoms with Crippen LogP contribution in [0.3, 0.4) is 0 Å². The number of carbonyl (C=O) groups is 2. The zero-order valence-corrected chi connectivity index (χ0v) is 16.1. The van der Waals surface area contributed by atoms with Gasteiger partial charge in [-0.15, -0.1) is 0 Å². The van der Waals surface area contributed by atoms with E-state index < -0.39 is 29.3 Å². The van der Waals surface area contributed by atoms with Gasteiger partial charge in [0.05, 0.1) is 29.2 Å². The lowest BCUT2D eigenvalue weighted by molar-refractivity contribution is -0.120. The van der Waals surface area contributed by atoms with Crippen LogP contribution in [0.2, 0.25) is 0 Å². The van der Waals surface area contributed by atoms with Crippen LogP contribution in [0.1, 0.15) is 12.0 Å². The summed E-state index contributed by atoms with van der Waals surface area (Å²) in [7, 11) is 0. The van der Waals surface area contributed by atoms with Crippen LogP contribution in [0.4, 0.5) is 30.2 Å². The van der Waals surface area contributed by atoms with Crippen molar-refractivity contribution < 1.29 is 22.8 Å². The second kappa shape index (κ2) is 8.43. The number of amides is 2. The number of hydrogen-bond donors (Lipinski definition) is 1. The van der Waals surface area contributed by atoms with E-state index in [-0.39, 0.29) is 18.7 Å². The lowest BCUT2D eigenvalue weighted by atomic mass is 10.1. The molecule has 4 rings (SSSR count). The Kier molecular flexibility index (Phi) is 5.53. The highest BCUT2D eigenvalue weighted by molar-refractivity contribution is 6.18. The van der Waals surface area contributed by atoms with Gasteiger partial charge in [0.2, 0.25) is 11.8 Å². The Hall–Kier alpha value is -3.94. The van der Waals surface area contributed by atoms with E-state index in [0.29, 0.717) is 28.7 Å². The molecule has 5 nitrogen and oxygen atoms in total. The van der Waals surface area contributed by atoms with Gasteiger partial charge in [0.25, 0.3) is 0 Å². The topological polar surface area (TPSA) is 61.8 Å². The third kappa shape index (κ3) is 4.48. The molecule has 3 aromatic carbocycles. The number of nitrogens with zero attached hydrogens (tertiary/aromatic N) is 2. The van der Waals surface area contributed by atoms with Crippen LogP contribution in [0.25, 0.3) is 0 Å². The summed E-state index contributed by atoms with van der Waals surface area (Å²) in [5.74, 6) is -3.15. The monoisotopic (exact) mass is 423 g/mol. The largest absolute Gasteiger partial charge is 0.322 e. The minimum absolute atomic E-state index is 0.113. The first-order valence-corrected chi connectivity index (χ1v) is 9.38. The lowest BCUT2D eigenvalue weighted by Crippen LogP contribution is -2.38. The number of halogens is 3. The molecule has 0 fully saturated rings. The zero-order chi connectivity index (χ0) is 22.0. The molecule has 156 valence electrons. The number of aliphatic imine (C=N–C) groups is 1. The third-order valence-electron chi connectivity index (χ3n) is 4.73. The molecule has 1 heterocycles. The minimum atomic E-state index is -0.919. The molecule has 0 aliphatic carbocycles. The summed E-state index contributed by atoms with van der Waals surface area (Å²) >= 11 is 0. The van der Waals surface area contributed by atoms with E-state index in [0.717, 1.165) is 12.1 Å². The van der Waals surface area contributed by atoms with Crippen LogP contribution in [0, 0.1) is 17.5 Å². The quantitative estimate of drug-likeness (QED) is 0.667. The first kappa shape index (κ1) is 20.3. The molecule has 31 heavy (non-hydrogen) atoms. The molecule has 2 amide bonds. The van der Waals surface area contributed by atoms with Crippen LogP contribution in [-0.2, 0) is 9.59 Å². The Morgan fingerprint density at radius 3 is 2.42 bits per heavy atom. The lowest BCUT2D eigenvalue weighted by Gasteiger charge is -2.22. The Morgan fingerprint density at radius 1 is 0.968 bits per heavy atom. The molecule has 0 atom stereocenters. The van der Waals surface area contributed by atoms with Gasteiger partial charge >= 0.3 is 0 Å². The highest BCUT2D eigenvalue weighted by Gasteiger charge is 2.27. The summed E-state index contributed by atoms with van der Waals surface area (Å²) in [5, 5.41) is 2.35. The van der Waals surface area contributed by atoms with Gasteiger partial charge in [-0.25, -0.2) is 13.2 Å². The average molecular weight is 423 g/mol. The third-order valence-corrected chi connectivity index (χ3v) is 4.73. The van der Waals surface area contributed by atoms with Gasteiger partial charge in [0, 0.05) is 6.07 Å². The molecular formula is C23H16F3N3O2. The van der Waals surface area contributed by atoms with E-state index in [1.165, 1.54) is 29.2 Å². The molecule has 0 bridgehead atoms. The summed E-state index contributed by atoms with van der Waals surface area (Å²) in [6.45, 7) is -0.390. The van der Waals surface area contributed by atoms with Crippen molar-refractivity contribution in [1.29, 1.82) is 0 Å². The predicted molar refractivity (Wildman–Crippen MR) is 111 cm³/mol. The Labute approximate surface area is 175 Å². The van der Waals surface area contributed by atoms with Crippen LogP contribution in [0.5, 0.6) is 0 Å². The fourth-order valence-corrected chi connectivity index (χ4v) is 3.25. The number of hydrogen-bond acceptors (Lipinski definition) is 3. The van der Waals surface area contributed by atoms with Crippen molar-refractivity contribution in [2.24, 2.45) is 4.99 Å². The van der Waals surface area contributed by atoms with Crippen LogP contribution in [0.15, 0.2) is 71.7 Å². The summed E-state index contributed by atoms with van der Waals surface area (Å²) in [5.41, 5.74) is 1.71. The number of nitrogens with one attached hydrogen (secondary N) is 1. The summed E-state index contributed by atoms with van der Waals surface area (Å²) in [6.07, 6.45) is -0.113. The molecular weight excluding hydrogens is 407 g/mol. The average Bonchev–Trinajstić information content (AvgIpc) is 2.87. The van der Waals surface area contributed by atoms with E-state index in [9.17, 15) is 22.8 Å². The molecule has 1 aliphatic rings. The second-order valence-electron chi connectivity index (χ2n) is 6.88. The Morgan fingerprint density at radius 2 is 1.68 bits per heavy atom. The molecule has 0 aromatic heterocycles. The fourth-order valence-electron chi connectivity index (χ4n) is 3.25. The fraction of sp³-hybridized carbons (Fsp3) is 0.0870. The molecule has 0 saturated carbocycles. The van der Waals surface area contributed by atoms with Gasteiger partial charge in [0.1, 0.15) is 24.0 Å². The van der Waals surface area contributed by atoms with Crippen molar-refractivity contribution in [2.75, 3.05) is 16.8 Å². The predicted octanol–water partition coefficient (Wildman–Crippen LogP) is 4.60. The normalized spacial score (nSPS) is 13.3. The second-order valence-corrected chi connectivity index (χ2v) is 6.88. The van der Waals surface area contributed by atoms with E-state index in [1.807, 2.05) is 0 Å². The van der Waals surface area contributed by atoms with Crippen LogP contribution < -0.4 is 10.2 Å². The van der Waals surface area contributed by atoms with Crippen molar-refractivity contribution >= 4 is 34.6 Å². The van der Waals surface area contributed by atoms with E-state index in [2.05, 4.69) is 10.3 Å². The number of rotatable bonds is 4. The Balaban J connectivity index is 1.60. The van der Waals surface area contributed by atoms with E-state index in [1.54, 1.807) is 24.3 Å². The smallest absolute Gasteiger partial charge is 0.244 e. The van der Waals surface area contributed by atoms with Gasteiger partial charge in [-0.05, 0) is 42.0 Å². The highest BCUT2D eigenvalue weighted by Crippen LogP contribution is 2.33. The summed E-state index contributed by atoms with van der Waals surface area (Å²) in [4.78, 5) is 31.3. The first-order chi connectivity index (χ1) is 14.9. The molecule has 0 saturated heterocycles. The zero-order valence-electron chi connectivity index (χ0n) is 16.1. The van der Waals surface area contributed by atoms with Crippen molar-refractivity contribution in [3.63, 3.8) is 0 Å². The molecule has 0 radical (unpaired) electrons. The maximum atomic E-state index is 13.9. The summed E-state index contributed by atoms with van der Waals surface area (Å²) < 4.78 is 40.2. The maximum Gasteiger partial charge on any atom is 0.244 e. The van der Waals surface area contributed by atoms with Gasteiger partial charge in [-0.3, -0.25) is 14.6 Å². The number of para-hydroxylation sites is 2. The van der Waals surface area contributed by atoms with Crippen molar-refractivity contribution in [2.45, 2.75) is 6.42 Å². The molecule has 1 aliphatic heterocycles. The van der Waals surface area contributed by atoms with E-state index >= 15 is 0 Å². The Bertz CT molecular complexity index is 1190. The van der Waals surface area contributed by atoms with Crippen molar-refractivity contribution in [1.82, 2.24) is 0 Å². The van der Waals surface area contributed by atoms with Crippen molar-refractivity contribution in [3.05, 3.63) is 89.7 Å². The number of benzene rings is 3. The standard InChI is InChI=1S/C23H16F3N3O2/c24-15-7-5-14(6-8-15)20-12-23(31)29(21-4-2-1-3-19(21)27-20)13-22(30)28-18-10-9-16(25)11-17(18)26/h1-11H,12-13H2,(H,28,30). The van der Waals surface area contributed by atoms with Crippen LogP contribution in [-0.4, -0.2) is 24.1 Å². The molecule has 3 aromatic rings. The van der Waals surface area contributed by atoms with Crippen molar-refractivity contribution in [3.8, 4) is 0 Å². The van der Waals surface area contributed by atoms with Gasteiger partial charge in [-0.2, -0.15) is 0 Å². The van der Waals surface area contributed by atoms with Gasteiger partial charge in [0.15, 0.2) is 0 Å².